The van der Waals surface area contributed by atoms with Crippen LogP contribution in [0.2, 0.25) is 0 Å². The smallest absolute Gasteiger partial charge is 0.0714 e. The molecule has 1 aliphatic heterocycles. The van der Waals surface area contributed by atoms with Gasteiger partial charge in [0.2, 0.25) is 0 Å². The van der Waals surface area contributed by atoms with E-state index in [-0.39, 0.29) is 11.8 Å². The van der Waals surface area contributed by atoms with Gasteiger partial charge in [-0.25, -0.2) is 0 Å². The predicted molar refractivity (Wildman–Crippen MR) is 282 cm³/mol. The summed E-state index contributed by atoms with van der Waals surface area (Å²) < 4.78 is 2.67. The molecule has 2 heterocycles. The van der Waals surface area contributed by atoms with Crippen molar-refractivity contribution in [3.8, 4) is 33.4 Å². The summed E-state index contributed by atoms with van der Waals surface area (Å²) in [6.45, 7) is 2.48. The number of fused-ring (bicyclic) bond motifs is 11. The van der Waals surface area contributed by atoms with Gasteiger partial charge in [0, 0.05) is 36.4 Å². The van der Waals surface area contributed by atoms with Crippen molar-refractivity contribution < 1.29 is 0 Å². The molecule has 2 aliphatic rings. The summed E-state index contributed by atoms with van der Waals surface area (Å²) in [5.74, 6) is 1.48. The highest BCUT2D eigenvalue weighted by Crippen LogP contribution is 2.60. The van der Waals surface area contributed by atoms with Gasteiger partial charge in [-0.3, -0.25) is 0 Å². The van der Waals surface area contributed by atoms with E-state index in [0.717, 1.165) is 12.2 Å². The third-order valence-corrected chi connectivity index (χ3v) is 17.2. The highest BCUT2D eigenvalue weighted by atomic mass is 32.2. The van der Waals surface area contributed by atoms with E-state index in [2.05, 4.69) is 231 Å². The van der Waals surface area contributed by atoms with Gasteiger partial charge in [0.05, 0.1) is 5.41 Å². The van der Waals surface area contributed by atoms with Crippen LogP contribution in [-0.2, 0) is 17.6 Å². The Morgan fingerprint density at radius 2 is 1.08 bits per heavy atom. The molecule has 1 aromatic heterocycles. The maximum absolute atomic E-state index is 2.61. The molecule has 0 nitrogen and oxygen atoms in total. The summed E-state index contributed by atoms with van der Waals surface area (Å²) >= 11 is 3.88. The van der Waals surface area contributed by atoms with E-state index in [0.29, 0.717) is 0 Å². The lowest BCUT2D eigenvalue weighted by molar-refractivity contribution is 0.571. The van der Waals surface area contributed by atoms with E-state index >= 15 is 0 Å². The van der Waals surface area contributed by atoms with E-state index in [4.69, 9.17) is 0 Å². The second kappa shape index (κ2) is 15.9. The van der Waals surface area contributed by atoms with Crippen molar-refractivity contribution in [2.75, 3.05) is 0 Å². The Hall–Kier alpha value is -6.97. The average Bonchev–Trinajstić information content (AvgIpc) is 3.92. The molecule has 0 N–H and O–H groups in total. The summed E-state index contributed by atoms with van der Waals surface area (Å²) in [4.78, 5) is 1.38. The Kier molecular flexibility index (Phi) is 9.48. The van der Waals surface area contributed by atoms with Crippen LogP contribution in [0.5, 0.6) is 0 Å². The average molecular weight is 879 g/mol. The Balaban J connectivity index is 1.05. The quantitative estimate of drug-likeness (QED) is 0.147. The molecular formula is C64H46S2. The number of benzene rings is 10. The first kappa shape index (κ1) is 39.4. The molecule has 66 heavy (non-hydrogen) atoms. The van der Waals surface area contributed by atoms with Crippen LogP contribution in [0.1, 0.15) is 63.3 Å². The zero-order chi connectivity index (χ0) is 43.8. The zero-order valence-corrected chi connectivity index (χ0v) is 38.4. The summed E-state index contributed by atoms with van der Waals surface area (Å²) in [7, 11) is 0. The lowest BCUT2D eigenvalue weighted by Crippen LogP contribution is -2.29. The first-order chi connectivity index (χ1) is 32.6. The van der Waals surface area contributed by atoms with Crippen LogP contribution in [0.4, 0.5) is 0 Å². The van der Waals surface area contributed by atoms with Crippen LogP contribution < -0.4 is 0 Å². The van der Waals surface area contributed by atoms with Crippen molar-refractivity contribution in [2.24, 2.45) is 0 Å². The summed E-state index contributed by atoms with van der Waals surface area (Å²) in [6.07, 6.45) is 0.960. The fraction of sp³-hybridized carbons (Fsp3) is 0.0938. The molecular weight excluding hydrogens is 833 g/mol. The number of rotatable bonds is 8. The van der Waals surface area contributed by atoms with Crippen molar-refractivity contribution in [1.82, 2.24) is 0 Å². The minimum atomic E-state index is -0.568. The van der Waals surface area contributed by atoms with Crippen molar-refractivity contribution in [2.45, 2.75) is 41.2 Å². The molecule has 0 amide bonds. The van der Waals surface area contributed by atoms with Crippen molar-refractivity contribution >= 4 is 54.0 Å². The SMILES string of the molecule is CC(c1ccc2c(c1)C(c1ccccc1)(c1ccccc1)c1cc(-c3cccc4c3sc3ccccc34)c3ccccc3c1-2)C(Cc1ccccc1)c1ccc2c(c1)CSc1ccccc1-2. The highest BCUT2D eigenvalue weighted by Gasteiger charge is 2.47. The molecule has 0 spiro atoms. The van der Waals surface area contributed by atoms with Crippen LogP contribution >= 0.6 is 23.1 Å². The predicted octanol–water partition coefficient (Wildman–Crippen LogP) is 17.6. The molecule has 314 valence electrons. The molecule has 2 unspecified atom stereocenters. The first-order valence-electron chi connectivity index (χ1n) is 23.3. The van der Waals surface area contributed by atoms with E-state index in [9.17, 15) is 0 Å². The standard InChI is InChI=1S/C64H46S2/c1-41(56(36-42-18-5-2-6-19-42)44-33-34-48-45(37-44)40-65-60-30-15-13-25-50(48)60)43-32-35-55-58(38-43)64(46-20-7-3-8-21-46,47-22-9-4-10-23-47)59-39-57(49-24-11-12-27-52(49)62(55)59)54-29-17-28-53-51-26-14-16-31-61(51)66-63(53)54/h2-35,37-39,41,56H,36,40H2,1H3. The Bertz CT molecular complexity index is 3600. The number of thiophene rings is 1. The Labute approximate surface area is 395 Å². The topological polar surface area (TPSA) is 0 Å². The molecule has 0 fully saturated rings. The third-order valence-electron chi connectivity index (χ3n) is 14.8. The van der Waals surface area contributed by atoms with E-state index in [1.165, 1.54) is 114 Å². The van der Waals surface area contributed by atoms with Gasteiger partial charge in [-0.15, -0.1) is 23.1 Å². The fourth-order valence-electron chi connectivity index (χ4n) is 11.7. The highest BCUT2D eigenvalue weighted by molar-refractivity contribution is 7.98. The molecule has 1 aliphatic carbocycles. The second-order valence-electron chi connectivity index (χ2n) is 18.2. The normalized spacial score (nSPS) is 14.4. The summed E-state index contributed by atoms with van der Waals surface area (Å²) in [6, 6.07) is 85.2. The summed E-state index contributed by atoms with van der Waals surface area (Å²) in [5.41, 5.74) is 18.3. The van der Waals surface area contributed by atoms with Crippen molar-refractivity contribution in [3.63, 3.8) is 0 Å². The maximum atomic E-state index is 2.61. The van der Waals surface area contributed by atoms with Crippen LogP contribution in [0, 0.1) is 0 Å². The number of hydrogen-bond donors (Lipinski definition) is 0. The molecule has 0 saturated carbocycles. The third kappa shape index (κ3) is 6.12. The molecule has 2 heteroatoms. The number of thioether (sulfide) groups is 1. The van der Waals surface area contributed by atoms with Crippen LogP contribution in [-0.4, -0.2) is 0 Å². The van der Waals surface area contributed by atoms with Crippen molar-refractivity contribution in [3.05, 3.63) is 269 Å². The maximum Gasteiger partial charge on any atom is 0.0714 e. The monoisotopic (exact) mass is 878 g/mol. The molecule has 10 aromatic carbocycles. The van der Waals surface area contributed by atoms with Gasteiger partial charge in [-0.1, -0.05) is 213 Å². The van der Waals surface area contributed by atoms with E-state index < -0.39 is 5.41 Å². The molecule has 0 radical (unpaired) electrons. The van der Waals surface area contributed by atoms with E-state index in [1.54, 1.807) is 0 Å². The fourth-order valence-corrected chi connectivity index (χ4v) is 14.0. The van der Waals surface area contributed by atoms with E-state index in [1.807, 2.05) is 23.1 Å². The second-order valence-corrected chi connectivity index (χ2v) is 20.3. The van der Waals surface area contributed by atoms with Gasteiger partial charge in [0.25, 0.3) is 0 Å². The minimum Gasteiger partial charge on any atom is -0.135 e. The van der Waals surface area contributed by atoms with Gasteiger partial charge in [-0.2, -0.15) is 0 Å². The van der Waals surface area contributed by atoms with Gasteiger partial charge >= 0.3 is 0 Å². The lowest BCUT2D eigenvalue weighted by Gasteiger charge is -2.35. The van der Waals surface area contributed by atoms with Gasteiger partial charge in [0.15, 0.2) is 0 Å². The van der Waals surface area contributed by atoms with Gasteiger partial charge in [0.1, 0.15) is 0 Å². The Morgan fingerprint density at radius 1 is 0.455 bits per heavy atom. The Morgan fingerprint density at radius 3 is 1.86 bits per heavy atom. The molecule has 0 saturated heterocycles. The molecule has 2 atom stereocenters. The van der Waals surface area contributed by atoms with Crippen LogP contribution in [0.15, 0.2) is 229 Å². The first-order valence-corrected chi connectivity index (χ1v) is 25.1. The van der Waals surface area contributed by atoms with Gasteiger partial charge < -0.3 is 0 Å². The minimum absolute atomic E-state index is 0.225. The van der Waals surface area contributed by atoms with Crippen molar-refractivity contribution in [1.29, 1.82) is 0 Å². The zero-order valence-electron chi connectivity index (χ0n) is 36.7. The van der Waals surface area contributed by atoms with Crippen LogP contribution in [0.25, 0.3) is 64.3 Å². The summed E-state index contributed by atoms with van der Waals surface area (Å²) in [5, 5.41) is 5.24. The lowest BCUT2D eigenvalue weighted by atomic mass is 9.66. The number of hydrogen-bond acceptors (Lipinski definition) is 2. The molecule has 0 bridgehead atoms. The molecule has 11 aromatic rings. The molecule has 13 rings (SSSR count). The van der Waals surface area contributed by atoms with Crippen LogP contribution in [0.3, 0.4) is 0 Å². The largest absolute Gasteiger partial charge is 0.135 e. The van der Waals surface area contributed by atoms with Gasteiger partial charge in [-0.05, 0) is 120 Å².